The number of hydrogen-bond donors (Lipinski definition) is 1. The predicted molar refractivity (Wildman–Crippen MR) is 109 cm³/mol. The number of amides is 1. The minimum atomic E-state index is -0.456. The van der Waals surface area contributed by atoms with Crippen molar-refractivity contribution >= 4 is 28.1 Å². The molecular formula is C20H20FN3O3S. The topological polar surface area (TPSA) is 63.7 Å². The summed E-state index contributed by atoms with van der Waals surface area (Å²) in [5.41, 5.74) is 2.17. The van der Waals surface area contributed by atoms with Crippen LogP contribution in [0.3, 0.4) is 0 Å². The fraction of sp³-hybridized carbons (Fsp3) is 0.200. The highest BCUT2D eigenvalue weighted by atomic mass is 32.1. The van der Waals surface area contributed by atoms with Crippen molar-refractivity contribution in [3.63, 3.8) is 0 Å². The molecule has 0 aliphatic heterocycles. The molecule has 0 radical (unpaired) electrons. The second-order valence-corrected chi connectivity index (χ2v) is 6.98. The quantitative estimate of drug-likeness (QED) is 0.668. The van der Waals surface area contributed by atoms with Crippen molar-refractivity contribution in [3.05, 3.63) is 53.2 Å². The molecule has 1 amide bonds. The zero-order chi connectivity index (χ0) is 20.3. The zero-order valence-corrected chi connectivity index (χ0v) is 16.8. The predicted octanol–water partition coefficient (Wildman–Crippen LogP) is 4.28. The van der Waals surface area contributed by atoms with E-state index in [0.717, 1.165) is 5.56 Å². The van der Waals surface area contributed by atoms with Crippen molar-refractivity contribution in [2.45, 2.75) is 0 Å². The van der Waals surface area contributed by atoms with Gasteiger partial charge >= 0.3 is 0 Å². The van der Waals surface area contributed by atoms with Gasteiger partial charge in [-0.2, -0.15) is 0 Å². The first-order chi connectivity index (χ1) is 13.4. The lowest BCUT2D eigenvalue weighted by Crippen LogP contribution is -2.14. The second kappa shape index (κ2) is 8.26. The van der Waals surface area contributed by atoms with Gasteiger partial charge in [-0.15, -0.1) is 11.3 Å². The van der Waals surface area contributed by atoms with Gasteiger partial charge in [-0.1, -0.05) is 0 Å². The molecule has 0 bridgehead atoms. The summed E-state index contributed by atoms with van der Waals surface area (Å²) in [7, 11) is 6.61. The largest absolute Gasteiger partial charge is 0.493 e. The number of rotatable bonds is 6. The molecule has 0 unspecified atom stereocenters. The van der Waals surface area contributed by atoms with Crippen molar-refractivity contribution in [2.24, 2.45) is 0 Å². The smallest absolute Gasteiger partial charge is 0.257 e. The van der Waals surface area contributed by atoms with E-state index in [1.807, 2.05) is 17.5 Å². The highest BCUT2D eigenvalue weighted by Crippen LogP contribution is 2.33. The molecule has 0 spiro atoms. The lowest BCUT2D eigenvalue weighted by molar-refractivity contribution is 0.102. The van der Waals surface area contributed by atoms with Gasteiger partial charge < -0.3 is 14.4 Å². The molecule has 3 rings (SSSR count). The number of aromatic nitrogens is 1. The van der Waals surface area contributed by atoms with Crippen LogP contribution in [-0.4, -0.2) is 39.2 Å². The molecule has 0 fully saturated rings. The Morgan fingerprint density at radius 3 is 2.50 bits per heavy atom. The number of anilines is 2. The van der Waals surface area contributed by atoms with Crippen LogP contribution in [-0.2, 0) is 0 Å². The maximum atomic E-state index is 14.1. The van der Waals surface area contributed by atoms with Gasteiger partial charge in [0.05, 0.1) is 25.6 Å². The number of benzene rings is 2. The number of hydrogen-bond acceptors (Lipinski definition) is 6. The summed E-state index contributed by atoms with van der Waals surface area (Å²) in [4.78, 5) is 18.5. The molecule has 0 aliphatic rings. The number of halogens is 1. The van der Waals surface area contributed by atoms with E-state index in [0.29, 0.717) is 28.0 Å². The Hall–Kier alpha value is -3.13. The molecule has 3 aromatic rings. The first-order valence-corrected chi connectivity index (χ1v) is 9.27. The number of nitrogens with one attached hydrogen (secondary N) is 1. The Bertz CT molecular complexity index is 1000. The summed E-state index contributed by atoms with van der Waals surface area (Å²) >= 11 is 1.29. The molecule has 8 heteroatoms. The van der Waals surface area contributed by atoms with E-state index in [1.165, 1.54) is 17.4 Å². The zero-order valence-electron chi connectivity index (χ0n) is 15.9. The number of nitrogens with zero attached hydrogens (tertiary/aromatic N) is 2. The van der Waals surface area contributed by atoms with Crippen LogP contribution >= 0.6 is 11.3 Å². The molecule has 0 atom stereocenters. The van der Waals surface area contributed by atoms with Crippen molar-refractivity contribution in [1.29, 1.82) is 0 Å². The Balaban J connectivity index is 1.78. The van der Waals surface area contributed by atoms with E-state index in [9.17, 15) is 9.18 Å². The van der Waals surface area contributed by atoms with Crippen molar-refractivity contribution < 1.29 is 18.7 Å². The Kier molecular flexibility index (Phi) is 5.79. The first-order valence-electron chi connectivity index (χ1n) is 8.39. The van der Waals surface area contributed by atoms with E-state index >= 15 is 0 Å². The third kappa shape index (κ3) is 4.07. The van der Waals surface area contributed by atoms with Crippen LogP contribution < -0.4 is 19.7 Å². The molecule has 1 aromatic heterocycles. The van der Waals surface area contributed by atoms with Crippen LogP contribution in [0.2, 0.25) is 0 Å². The van der Waals surface area contributed by atoms with E-state index in [1.54, 1.807) is 51.4 Å². The van der Waals surface area contributed by atoms with Crippen LogP contribution in [0.25, 0.3) is 11.3 Å². The van der Waals surface area contributed by atoms with Gasteiger partial charge in [-0.05, 0) is 36.4 Å². The molecule has 6 nitrogen and oxygen atoms in total. The number of carbonyl (C=O) groups is 1. The molecule has 146 valence electrons. The molecule has 1 N–H and O–H groups in total. The Morgan fingerprint density at radius 2 is 1.86 bits per heavy atom. The van der Waals surface area contributed by atoms with Gasteiger partial charge in [0.1, 0.15) is 5.82 Å². The Labute approximate surface area is 166 Å². The summed E-state index contributed by atoms with van der Waals surface area (Å²) in [6.45, 7) is 0. The summed E-state index contributed by atoms with van der Waals surface area (Å²) in [5, 5.41) is 4.96. The lowest BCUT2D eigenvalue weighted by Gasteiger charge is -2.13. The van der Waals surface area contributed by atoms with Gasteiger partial charge in [-0.25, -0.2) is 9.37 Å². The van der Waals surface area contributed by atoms with Gasteiger partial charge in [-0.3, -0.25) is 10.1 Å². The van der Waals surface area contributed by atoms with E-state index in [-0.39, 0.29) is 5.56 Å². The maximum absolute atomic E-state index is 14.1. The van der Waals surface area contributed by atoms with Crippen LogP contribution in [0.1, 0.15) is 10.4 Å². The summed E-state index contributed by atoms with van der Waals surface area (Å²) in [6.07, 6.45) is 0. The molecule has 2 aromatic carbocycles. The molecule has 0 saturated heterocycles. The highest BCUT2D eigenvalue weighted by Gasteiger charge is 2.14. The average Bonchev–Trinajstić information content (AvgIpc) is 3.15. The number of ether oxygens (including phenoxy) is 2. The molecule has 28 heavy (non-hydrogen) atoms. The van der Waals surface area contributed by atoms with E-state index in [2.05, 4.69) is 10.3 Å². The van der Waals surface area contributed by atoms with Gasteiger partial charge in [0.2, 0.25) is 0 Å². The number of carbonyl (C=O) groups excluding carboxylic acids is 1. The van der Waals surface area contributed by atoms with Gasteiger partial charge in [0.25, 0.3) is 5.91 Å². The summed E-state index contributed by atoms with van der Waals surface area (Å²) < 4.78 is 24.6. The molecule has 0 saturated carbocycles. The third-order valence-corrected chi connectivity index (χ3v) is 4.85. The third-order valence-electron chi connectivity index (χ3n) is 4.10. The van der Waals surface area contributed by atoms with Gasteiger partial charge in [0, 0.05) is 30.6 Å². The first kappa shape index (κ1) is 19.6. The van der Waals surface area contributed by atoms with Crippen molar-refractivity contribution in [3.8, 4) is 22.8 Å². The van der Waals surface area contributed by atoms with Crippen molar-refractivity contribution in [2.75, 3.05) is 38.5 Å². The molecule has 1 heterocycles. The van der Waals surface area contributed by atoms with Crippen LogP contribution in [0.4, 0.5) is 15.2 Å². The van der Waals surface area contributed by atoms with Crippen LogP contribution in [0, 0.1) is 5.82 Å². The van der Waals surface area contributed by atoms with Crippen molar-refractivity contribution in [1.82, 2.24) is 4.98 Å². The van der Waals surface area contributed by atoms with E-state index < -0.39 is 11.7 Å². The molecule has 0 aliphatic carbocycles. The fourth-order valence-electron chi connectivity index (χ4n) is 2.64. The summed E-state index contributed by atoms with van der Waals surface area (Å²) in [6, 6.07) is 9.83. The normalized spacial score (nSPS) is 10.5. The van der Waals surface area contributed by atoms with Crippen LogP contribution in [0.5, 0.6) is 11.5 Å². The highest BCUT2D eigenvalue weighted by molar-refractivity contribution is 7.14. The molecular weight excluding hydrogens is 381 g/mol. The lowest BCUT2D eigenvalue weighted by atomic mass is 10.1. The standard InChI is InChI=1S/C20H20FN3O3S/c1-24(2)16-7-5-13(9-14(16)21)19(25)23-20-22-15(11-28-20)12-6-8-17(26-3)18(10-12)27-4/h5-11H,1-4H3,(H,22,23,25). The number of methoxy groups -OCH3 is 2. The fourth-order valence-corrected chi connectivity index (χ4v) is 3.35. The number of thiazole rings is 1. The maximum Gasteiger partial charge on any atom is 0.257 e. The minimum absolute atomic E-state index is 0.228. The van der Waals surface area contributed by atoms with Crippen LogP contribution in [0.15, 0.2) is 41.8 Å². The van der Waals surface area contributed by atoms with Gasteiger partial charge in [0.15, 0.2) is 16.6 Å². The Morgan fingerprint density at radius 1 is 1.11 bits per heavy atom. The minimum Gasteiger partial charge on any atom is -0.493 e. The summed E-state index contributed by atoms with van der Waals surface area (Å²) in [5.74, 6) is 0.341. The second-order valence-electron chi connectivity index (χ2n) is 6.12. The SMILES string of the molecule is COc1ccc(-c2csc(NC(=O)c3ccc(N(C)C)c(F)c3)n2)cc1OC. The average molecular weight is 401 g/mol. The monoisotopic (exact) mass is 401 g/mol. The van der Waals surface area contributed by atoms with E-state index in [4.69, 9.17) is 9.47 Å².